The number of rotatable bonds is 7. The summed E-state index contributed by atoms with van der Waals surface area (Å²) in [5.74, 6) is 0.628. The molecule has 0 aliphatic rings. The monoisotopic (exact) mass is 479 g/mol. The number of halogens is 2. The van der Waals surface area contributed by atoms with Gasteiger partial charge in [-0.2, -0.15) is 5.10 Å². The maximum absolute atomic E-state index is 13.3. The van der Waals surface area contributed by atoms with Crippen molar-refractivity contribution >= 4 is 27.7 Å². The van der Waals surface area contributed by atoms with Gasteiger partial charge in [-0.15, -0.1) is 0 Å². The molecule has 1 amide bonds. The van der Waals surface area contributed by atoms with Gasteiger partial charge in [0.1, 0.15) is 18.2 Å². The van der Waals surface area contributed by atoms with Gasteiger partial charge in [-0.25, -0.2) is 4.39 Å². The van der Waals surface area contributed by atoms with Crippen LogP contribution in [0.1, 0.15) is 21.5 Å². The van der Waals surface area contributed by atoms with Crippen LogP contribution in [0, 0.1) is 5.82 Å². The molecule has 0 aliphatic carbocycles. The van der Waals surface area contributed by atoms with Crippen molar-refractivity contribution < 1.29 is 13.9 Å². The smallest absolute Gasteiger partial charge is 0.256 e. The van der Waals surface area contributed by atoms with Crippen molar-refractivity contribution in [2.24, 2.45) is 0 Å². The highest BCUT2D eigenvalue weighted by Gasteiger charge is 2.09. The van der Waals surface area contributed by atoms with Gasteiger partial charge < -0.3 is 10.1 Å². The molecule has 0 saturated carbocycles. The zero-order valence-corrected chi connectivity index (χ0v) is 18.0. The van der Waals surface area contributed by atoms with E-state index in [4.69, 9.17) is 4.74 Å². The van der Waals surface area contributed by atoms with Crippen LogP contribution in [0.2, 0.25) is 0 Å². The Labute approximate surface area is 187 Å². The summed E-state index contributed by atoms with van der Waals surface area (Å²) < 4.78 is 21.7. The molecule has 0 radical (unpaired) electrons. The number of ether oxygens (including phenoxy) is 1. The van der Waals surface area contributed by atoms with E-state index < -0.39 is 0 Å². The number of nitrogens with zero attached hydrogens (tertiary/aromatic N) is 2. The van der Waals surface area contributed by atoms with Gasteiger partial charge in [-0.3, -0.25) is 9.48 Å². The largest absolute Gasteiger partial charge is 0.489 e. The van der Waals surface area contributed by atoms with Crippen LogP contribution in [0.25, 0.3) is 0 Å². The van der Waals surface area contributed by atoms with Crippen LogP contribution in [-0.2, 0) is 13.2 Å². The van der Waals surface area contributed by atoms with Crippen molar-refractivity contribution in [3.63, 3.8) is 0 Å². The Morgan fingerprint density at radius 3 is 2.58 bits per heavy atom. The minimum absolute atomic E-state index is 0.263. The average molecular weight is 480 g/mol. The van der Waals surface area contributed by atoms with E-state index in [9.17, 15) is 9.18 Å². The molecule has 5 nitrogen and oxygen atoms in total. The summed E-state index contributed by atoms with van der Waals surface area (Å²) in [6.07, 6.45) is 1.74. The lowest BCUT2D eigenvalue weighted by molar-refractivity contribution is 0.102. The van der Waals surface area contributed by atoms with Gasteiger partial charge in [0, 0.05) is 22.3 Å². The number of hydrogen-bond donors (Lipinski definition) is 1. The molecule has 0 spiro atoms. The van der Waals surface area contributed by atoms with Crippen LogP contribution < -0.4 is 10.1 Å². The number of nitrogens with one attached hydrogen (secondary N) is 1. The zero-order valence-electron chi connectivity index (χ0n) is 16.5. The third kappa shape index (κ3) is 5.79. The second-order valence-electron chi connectivity index (χ2n) is 6.93. The number of hydrogen-bond acceptors (Lipinski definition) is 3. The summed E-state index contributed by atoms with van der Waals surface area (Å²) in [5.41, 5.74) is 2.18. The first-order valence-electron chi connectivity index (χ1n) is 9.62. The molecule has 31 heavy (non-hydrogen) atoms. The molecule has 0 aliphatic heterocycles. The normalized spacial score (nSPS) is 10.6. The number of carbonyl (C=O) groups is 1. The predicted octanol–water partition coefficient (Wildman–Crippen LogP) is 5.66. The van der Waals surface area contributed by atoms with Crippen LogP contribution in [-0.4, -0.2) is 15.7 Å². The third-order valence-electron chi connectivity index (χ3n) is 4.52. The van der Waals surface area contributed by atoms with Gasteiger partial charge in [0.25, 0.3) is 5.91 Å². The summed E-state index contributed by atoms with van der Waals surface area (Å²) >= 11 is 3.39. The molecule has 4 aromatic rings. The van der Waals surface area contributed by atoms with Crippen LogP contribution >= 0.6 is 15.9 Å². The molecule has 0 atom stereocenters. The Bertz CT molecular complexity index is 1190. The fourth-order valence-electron chi connectivity index (χ4n) is 3.03. The van der Waals surface area contributed by atoms with Crippen LogP contribution in [0.5, 0.6) is 5.75 Å². The summed E-state index contributed by atoms with van der Waals surface area (Å²) in [6.45, 7) is 0.765. The maximum atomic E-state index is 13.3. The van der Waals surface area contributed by atoms with Gasteiger partial charge in [0.2, 0.25) is 0 Å². The number of carbonyl (C=O) groups excluding carboxylic acids is 1. The summed E-state index contributed by atoms with van der Waals surface area (Å²) in [5, 5.41) is 7.13. The Balaban J connectivity index is 1.37. The van der Waals surface area contributed by atoms with E-state index in [1.54, 1.807) is 35.1 Å². The van der Waals surface area contributed by atoms with Crippen LogP contribution in [0.4, 0.5) is 10.2 Å². The van der Waals surface area contributed by atoms with E-state index in [0.29, 0.717) is 24.5 Å². The second kappa shape index (κ2) is 9.57. The molecule has 0 bridgehead atoms. The summed E-state index contributed by atoms with van der Waals surface area (Å²) in [4.78, 5) is 12.6. The third-order valence-corrected chi connectivity index (χ3v) is 5.05. The van der Waals surface area contributed by atoms with Gasteiger partial charge in [0.05, 0.1) is 6.54 Å². The van der Waals surface area contributed by atoms with E-state index >= 15 is 0 Å². The van der Waals surface area contributed by atoms with E-state index in [1.807, 2.05) is 42.5 Å². The number of anilines is 1. The molecule has 7 heteroatoms. The lowest BCUT2D eigenvalue weighted by atomic mass is 10.1. The highest BCUT2D eigenvalue weighted by atomic mass is 79.9. The van der Waals surface area contributed by atoms with E-state index in [0.717, 1.165) is 21.3 Å². The zero-order chi connectivity index (χ0) is 21.6. The van der Waals surface area contributed by atoms with Crippen molar-refractivity contribution in [2.45, 2.75) is 13.2 Å². The quantitative estimate of drug-likeness (QED) is 0.371. The fraction of sp³-hybridized carbons (Fsp3) is 0.0833. The molecular weight excluding hydrogens is 461 g/mol. The topological polar surface area (TPSA) is 56.2 Å². The lowest BCUT2D eigenvalue weighted by Gasteiger charge is -2.08. The van der Waals surface area contributed by atoms with Crippen LogP contribution in [0.3, 0.4) is 0 Å². The summed E-state index contributed by atoms with van der Waals surface area (Å²) in [6, 6.07) is 22.9. The van der Waals surface area contributed by atoms with Gasteiger partial charge >= 0.3 is 0 Å². The number of aromatic nitrogens is 2. The first-order chi connectivity index (χ1) is 15.0. The average Bonchev–Trinajstić information content (AvgIpc) is 3.20. The molecule has 1 aromatic heterocycles. The highest BCUT2D eigenvalue weighted by molar-refractivity contribution is 9.10. The standard InChI is InChI=1S/C24H19BrFN3O2/c25-20-7-9-22(10-8-20)31-16-18-4-1-5-19(13-18)24(30)27-23-11-12-29(28-23)15-17-3-2-6-21(26)14-17/h1-14H,15-16H2,(H,27,28,30). The number of benzene rings is 3. The van der Waals surface area contributed by atoms with Crippen LogP contribution in [0.15, 0.2) is 89.5 Å². The first-order valence-corrected chi connectivity index (χ1v) is 10.4. The Hall–Kier alpha value is -3.45. The van der Waals surface area contributed by atoms with Crippen molar-refractivity contribution in [1.29, 1.82) is 0 Å². The molecule has 0 fully saturated rings. The SMILES string of the molecule is O=C(Nc1ccn(Cc2cccc(F)c2)n1)c1cccc(COc2ccc(Br)cc2)c1. The minimum Gasteiger partial charge on any atom is -0.489 e. The molecule has 1 N–H and O–H groups in total. The summed E-state index contributed by atoms with van der Waals surface area (Å²) in [7, 11) is 0. The molecule has 0 unspecified atom stereocenters. The first kappa shape index (κ1) is 20.8. The molecule has 1 heterocycles. The van der Waals surface area contributed by atoms with Crippen molar-refractivity contribution in [3.05, 3.63) is 112 Å². The predicted molar refractivity (Wildman–Crippen MR) is 121 cm³/mol. The molecular formula is C24H19BrFN3O2. The second-order valence-corrected chi connectivity index (χ2v) is 7.84. The fourth-order valence-corrected chi connectivity index (χ4v) is 3.29. The Morgan fingerprint density at radius 1 is 1.00 bits per heavy atom. The molecule has 3 aromatic carbocycles. The van der Waals surface area contributed by atoms with E-state index in [1.165, 1.54) is 12.1 Å². The molecule has 156 valence electrons. The molecule has 4 rings (SSSR count). The van der Waals surface area contributed by atoms with Gasteiger partial charge in [-0.05, 0) is 59.7 Å². The van der Waals surface area contributed by atoms with Gasteiger partial charge in [0.15, 0.2) is 5.82 Å². The minimum atomic E-state index is -0.290. The van der Waals surface area contributed by atoms with Crippen molar-refractivity contribution in [2.75, 3.05) is 5.32 Å². The van der Waals surface area contributed by atoms with E-state index in [-0.39, 0.29) is 11.7 Å². The van der Waals surface area contributed by atoms with Crippen molar-refractivity contribution in [3.8, 4) is 5.75 Å². The Kier molecular flexibility index (Phi) is 6.43. The maximum Gasteiger partial charge on any atom is 0.256 e. The molecule has 0 saturated heterocycles. The van der Waals surface area contributed by atoms with Crippen molar-refractivity contribution in [1.82, 2.24) is 9.78 Å². The van der Waals surface area contributed by atoms with E-state index in [2.05, 4.69) is 26.3 Å². The van der Waals surface area contributed by atoms with Gasteiger partial charge in [-0.1, -0.05) is 40.2 Å². The Morgan fingerprint density at radius 2 is 1.77 bits per heavy atom. The highest BCUT2D eigenvalue weighted by Crippen LogP contribution is 2.18. The lowest BCUT2D eigenvalue weighted by Crippen LogP contribution is -2.13. The number of amides is 1.